The number of halogens is 1. The van der Waals surface area contributed by atoms with E-state index in [-0.39, 0.29) is 0 Å². The number of hydrogen-bond donors (Lipinski definition) is 0. The van der Waals surface area contributed by atoms with Crippen LogP contribution in [0.15, 0.2) is 35.9 Å². The Morgan fingerprint density at radius 3 is 2.69 bits per heavy atom. The van der Waals surface area contributed by atoms with Crippen molar-refractivity contribution >= 4 is 17.4 Å². The molecule has 0 amide bonds. The second kappa shape index (κ2) is 3.74. The van der Waals surface area contributed by atoms with E-state index in [9.17, 15) is 4.79 Å². The first kappa shape index (κ1) is 10.1. The quantitative estimate of drug-likeness (QED) is 0.721. The second-order valence-corrected chi connectivity index (χ2v) is 5.12. The molecule has 1 nitrogen and oxygen atoms in total. The van der Waals surface area contributed by atoms with E-state index >= 15 is 0 Å². The van der Waals surface area contributed by atoms with Crippen molar-refractivity contribution in [2.24, 2.45) is 5.92 Å². The highest BCUT2D eigenvalue weighted by atomic mass is 35.5. The maximum Gasteiger partial charge on any atom is 0.155 e. The predicted octanol–water partition coefficient (Wildman–Crippen LogP) is 3.73. The topological polar surface area (TPSA) is 17.1 Å². The van der Waals surface area contributed by atoms with Crippen molar-refractivity contribution in [2.45, 2.75) is 25.2 Å². The summed E-state index contributed by atoms with van der Waals surface area (Å²) in [5.74, 6) is 1.43. The summed E-state index contributed by atoms with van der Waals surface area (Å²) in [5, 5.41) is 0.772. The van der Waals surface area contributed by atoms with E-state index in [0.717, 1.165) is 17.9 Å². The largest absolute Gasteiger partial charge is 0.295 e. The van der Waals surface area contributed by atoms with Crippen LogP contribution in [0.25, 0.3) is 0 Å². The van der Waals surface area contributed by atoms with Crippen LogP contribution in [0.4, 0.5) is 0 Å². The van der Waals surface area contributed by atoms with E-state index in [2.05, 4.69) is 12.1 Å². The predicted molar refractivity (Wildman–Crippen MR) is 64.6 cm³/mol. The van der Waals surface area contributed by atoms with E-state index in [1.807, 2.05) is 18.2 Å². The number of allylic oxidation sites excluding steroid dienone is 2. The number of fused-ring (bicyclic) bond motifs is 1. The molecule has 2 aliphatic carbocycles. The summed E-state index contributed by atoms with van der Waals surface area (Å²) in [4.78, 5) is 11.4. The highest BCUT2D eigenvalue weighted by Crippen LogP contribution is 2.50. The third kappa shape index (κ3) is 1.60. The van der Waals surface area contributed by atoms with Crippen molar-refractivity contribution in [1.29, 1.82) is 0 Å². The molecule has 0 aromatic heterocycles. The van der Waals surface area contributed by atoms with Crippen LogP contribution < -0.4 is 0 Å². The van der Waals surface area contributed by atoms with Crippen molar-refractivity contribution in [3.63, 3.8) is 0 Å². The van der Waals surface area contributed by atoms with Crippen molar-refractivity contribution in [3.05, 3.63) is 46.5 Å². The van der Waals surface area contributed by atoms with Gasteiger partial charge in [-0.05, 0) is 42.5 Å². The average Bonchev–Trinajstić information content (AvgIpc) is 2.26. The number of carbonyl (C=O) groups excluding carboxylic acids is 1. The highest BCUT2D eigenvalue weighted by Gasteiger charge is 2.38. The standard InChI is InChI=1S/C14H13ClO/c15-11-4-1-9(2-5-11)13-7-10-3-6-12(16)8-14(10)13/h1-2,4-5,8,10,13H,3,6-7H2/t10-,13-/m0/s1. The molecule has 1 aromatic rings. The molecule has 2 atom stereocenters. The lowest BCUT2D eigenvalue weighted by atomic mass is 9.63. The highest BCUT2D eigenvalue weighted by molar-refractivity contribution is 6.30. The molecule has 1 fully saturated rings. The molecule has 0 heterocycles. The lowest BCUT2D eigenvalue weighted by Gasteiger charge is -2.41. The van der Waals surface area contributed by atoms with Crippen LogP contribution in [0, 0.1) is 5.92 Å². The van der Waals surface area contributed by atoms with Gasteiger partial charge in [-0.25, -0.2) is 0 Å². The van der Waals surface area contributed by atoms with Gasteiger partial charge in [0.15, 0.2) is 5.78 Å². The average molecular weight is 233 g/mol. The molecule has 1 saturated carbocycles. The molecule has 82 valence electrons. The van der Waals surface area contributed by atoms with Gasteiger partial charge in [-0.1, -0.05) is 29.3 Å². The zero-order valence-electron chi connectivity index (χ0n) is 8.95. The van der Waals surface area contributed by atoms with Crippen molar-refractivity contribution in [2.75, 3.05) is 0 Å². The van der Waals surface area contributed by atoms with Crippen LogP contribution in [0.1, 0.15) is 30.7 Å². The van der Waals surface area contributed by atoms with E-state index in [0.29, 0.717) is 17.6 Å². The Bertz CT molecular complexity index is 458. The van der Waals surface area contributed by atoms with Crippen molar-refractivity contribution in [3.8, 4) is 0 Å². The first-order valence-electron chi connectivity index (χ1n) is 5.74. The molecule has 0 saturated heterocycles. The molecular formula is C14H13ClO. The van der Waals surface area contributed by atoms with Gasteiger partial charge in [0.25, 0.3) is 0 Å². The zero-order chi connectivity index (χ0) is 11.1. The Morgan fingerprint density at radius 2 is 1.94 bits per heavy atom. The number of hydrogen-bond acceptors (Lipinski definition) is 1. The van der Waals surface area contributed by atoms with Crippen LogP contribution in [0.2, 0.25) is 5.02 Å². The molecular weight excluding hydrogens is 220 g/mol. The number of benzene rings is 1. The summed E-state index contributed by atoms with van der Waals surface area (Å²) in [6.45, 7) is 0. The summed E-state index contributed by atoms with van der Waals surface area (Å²) < 4.78 is 0. The van der Waals surface area contributed by atoms with Gasteiger partial charge in [0.05, 0.1) is 0 Å². The van der Waals surface area contributed by atoms with E-state index in [1.54, 1.807) is 0 Å². The summed E-state index contributed by atoms with van der Waals surface area (Å²) >= 11 is 5.87. The molecule has 16 heavy (non-hydrogen) atoms. The number of ketones is 1. The van der Waals surface area contributed by atoms with Gasteiger partial charge in [0, 0.05) is 17.4 Å². The van der Waals surface area contributed by atoms with Gasteiger partial charge in [0.1, 0.15) is 0 Å². The van der Waals surface area contributed by atoms with E-state index in [1.165, 1.54) is 17.6 Å². The van der Waals surface area contributed by atoms with Gasteiger partial charge in [-0.2, -0.15) is 0 Å². The first-order valence-corrected chi connectivity index (χ1v) is 6.11. The Labute approximate surface area is 100 Å². The normalized spacial score (nSPS) is 28.1. The smallest absolute Gasteiger partial charge is 0.155 e. The summed E-state index contributed by atoms with van der Waals surface area (Å²) in [6.07, 6.45) is 4.86. The minimum atomic E-state index is 0.296. The maximum atomic E-state index is 11.4. The Balaban J connectivity index is 1.88. The first-order chi connectivity index (χ1) is 7.74. The monoisotopic (exact) mass is 232 g/mol. The van der Waals surface area contributed by atoms with E-state index in [4.69, 9.17) is 11.6 Å². The fourth-order valence-electron chi connectivity index (χ4n) is 2.78. The van der Waals surface area contributed by atoms with Crippen LogP contribution in [-0.4, -0.2) is 5.78 Å². The second-order valence-electron chi connectivity index (χ2n) is 4.69. The lowest BCUT2D eigenvalue weighted by Crippen LogP contribution is -2.30. The Kier molecular flexibility index (Phi) is 2.36. The molecule has 0 spiro atoms. The number of carbonyl (C=O) groups is 1. The van der Waals surface area contributed by atoms with E-state index < -0.39 is 0 Å². The number of rotatable bonds is 1. The van der Waals surface area contributed by atoms with Gasteiger partial charge in [0.2, 0.25) is 0 Å². The summed E-state index contributed by atoms with van der Waals surface area (Å²) in [6, 6.07) is 8.00. The zero-order valence-corrected chi connectivity index (χ0v) is 9.70. The molecule has 0 unspecified atom stereocenters. The van der Waals surface area contributed by atoms with Crippen LogP contribution in [-0.2, 0) is 4.79 Å². The third-order valence-corrected chi connectivity index (χ3v) is 3.99. The molecule has 0 radical (unpaired) electrons. The van der Waals surface area contributed by atoms with Crippen LogP contribution in [0.5, 0.6) is 0 Å². The van der Waals surface area contributed by atoms with Gasteiger partial charge >= 0.3 is 0 Å². The minimum absolute atomic E-state index is 0.296. The summed E-state index contributed by atoms with van der Waals surface area (Å²) in [5.41, 5.74) is 2.64. The molecule has 0 aliphatic heterocycles. The lowest BCUT2D eigenvalue weighted by molar-refractivity contribution is -0.115. The third-order valence-electron chi connectivity index (χ3n) is 3.73. The molecule has 0 bridgehead atoms. The minimum Gasteiger partial charge on any atom is -0.295 e. The molecule has 2 heteroatoms. The Morgan fingerprint density at radius 1 is 1.19 bits per heavy atom. The van der Waals surface area contributed by atoms with Gasteiger partial charge in [-0.3, -0.25) is 4.79 Å². The summed E-state index contributed by atoms with van der Waals surface area (Å²) in [7, 11) is 0. The van der Waals surface area contributed by atoms with Crippen LogP contribution >= 0.6 is 11.6 Å². The van der Waals surface area contributed by atoms with Gasteiger partial charge < -0.3 is 0 Å². The molecule has 1 aromatic carbocycles. The molecule has 3 rings (SSSR count). The SMILES string of the molecule is O=C1C=C2[C@@H](CC1)C[C@H]2c1ccc(Cl)cc1. The Hall–Kier alpha value is -1.08. The van der Waals surface area contributed by atoms with Gasteiger partial charge in [-0.15, -0.1) is 0 Å². The van der Waals surface area contributed by atoms with Crippen molar-refractivity contribution < 1.29 is 4.79 Å². The van der Waals surface area contributed by atoms with Crippen molar-refractivity contribution in [1.82, 2.24) is 0 Å². The molecule has 0 N–H and O–H groups in total. The fourth-order valence-corrected chi connectivity index (χ4v) is 2.91. The fraction of sp³-hybridized carbons (Fsp3) is 0.357. The molecule has 2 aliphatic rings. The maximum absolute atomic E-state index is 11.4. The van der Waals surface area contributed by atoms with Crippen LogP contribution in [0.3, 0.4) is 0 Å².